The number of fused-ring (bicyclic) bond motifs is 1. The van der Waals surface area contributed by atoms with E-state index in [1.54, 1.807) is 17.6 Å². The van der Waals surface area contributed by atoms with E-state index in [-0.39, 0.29) is 0 Å². The van der Waals surface area contributed by atoms with Gasteiger partial charge in [0.25, 0.3) is 0 Å². The van der Waals surface area contributed by atoms with Crippen molar-refractivity contribution in [2.45, 2.75) is 19.5 Å². The largest absolute Gasteiger partial charge is 0.461 e. The van der Waals surface area contributed by atoms with E-state index in [9.17, 15) is 0 Å². The fourth-order valence-corrected chi connectivity index (χ4v) is 4.34. The predicted molar refractivity (Wildman–Crippen MR) is 114 cm³/mol. The van der Waals surface area contributed by atoms with Crippen molar-refractivity contribution in [1.29, 1.82) is 0 Å². The van der Waals surface area contributed by atoms with Gasteiger partial charge in [0.05, 0.1) is 16.8 Å². The van der Waals surface area contributed by atoms with E-state index < -0.39 is 0 Å². The monoisotopic (exact) mass is 397 g/mol. The third-order valence-electron chi connectivity index (χ3n) is 4.90. The second-order valence-electron chi connectivity index (χ2n) is 6.99. The van der Waals surface area contributed by atoms with Gasteiger partial charge in [0.15, 0.2) is 11.6 Å². The molecule has 0 aliphatic carbocycles. The minimum absolute atomic E-state index is 0.669. The quantitative estimate of drug-likeness (QED) is 0.468. The van der Waals surface area contributed by atoms with Gasteiger partial charge < -0.3 is 4.42 Å². The number of hydrogen-bond donors (Lipinski definition) is 0. The van der Waals surface area contributed by atoms with Gasteiger partial charge in [-0.05, 0) is 36.4 Å². The molecule has 142 valence electrons. The number of aromatic nitrogens is 2. The lowest BCUT2D eigenvalue weighted by Gasteiger charge is -2.27. The molecule has 0 saturated carbocycles. The summed E-state index contributed by atoms with van der Waals surface area (Å²) in [6.07, 6.45) is 4.52. The Hall–Kier alpha value is -3.20. The molecule has 1 aromatic carbocycles. The summed E-state index contributed by atoms with van der Waals surface area (Å²) in [5, 5.41) is 0. The second-order valence-corrected chi connectivity index (χ2v) is 8.15. The van der Waals surface area contributed by atoms with Crippen LogP contribution in [0.25, 0.3) is 11.6 Å². The highest BCUT2D eigenvalue weighted by molar-refractivity contribution is 7.12. The molecule has 5 heteroatoms. The van der Waals surface area contributed by atoms with Crippen molar-refractivity contribution in [2.75, 3.05) is 6.54 Å². The molecule has 1 aliphatic rings. The average Bonchev–Trinajstić information content (AvgIpc) is 3.45. The summed E-state index contributed by atoms with van der Waals surface area (Å²) < 4.78 is 5.42. The first-order valence-electron chi connectivity index (χ1n) is 9.60. The SMILES string of the molecule is C(#Cc1ccc(CN2CCc3nc(-c4ccco4)ncc3C2)s1)c1ccccc1. The number of thiophene rings is 1. The molecule has 0 spiro atoms. The molecule has 29 heavy (non-hydrogen) atoms. The maximum Gasteiger partial charge on any atom is 0.195 e. The van der Waals surface area contributed by atoms with Crippen LogP contribution in [0.2, 0.25) is 0 Å². The highest BCUT2D eigenvalue weighted by Gasteiger charge is 2.20. The Kier molecular flexibility index (Phi) is 4.95. The molecular formula is C24H19N3OS. The van der Waals surface area contributed by atoms with E-state index in [4.69, 9.17) is 9.40 Å². The van der Waals surface area contributed by atoms with Crippen molar-refractivity contribution in [1.82, 2.24) is 14.9 Å². The smallest absolute Gasteiger partial charge is 0.195 e. The van der Waals surface area contributed by atoms with E-state index >= 15 is 0 Å². The van der Waals surface area contributed by atoms with E-state index in [2.05, 4.69) is 33.9 Å². The number of rotatable bonds is 3. The Morgan fingerprint density at radius 1 is 1.03 bits per heavy atom. The third-order valence-corrected chi connectivity index (χ3v) is 5.88. The summed E-state index contributed by atoms with van der Waals surface area (Å²) in [6.45, 7) is 2.79. The number of nitrogens with zero attached hydrogens (tertiary/aromatic N) is 3. The van der Waals surface area contributed by atoms with Gasteiger partial charge >= 0.3 is 0 Å². The van der Waals surface area contributed by atoms with Crippen LogP contribution < -0.4 is 0 Å². The summed E-state index contributed by atoms with van der Waals surface area (Å²) in [5.41, 5.74) is 3.37. The Morgan fingerprint density at radius 2 is 1.97 bits per heavy atom. The minimum Gasteiger partial charge on any atom is -0.461 e. The molecule has 1 aliphatic heterocycles. The highest BCUT2D eigenvalue weighted by Crippen LogP contribution is 2.24. The van der Waals surface area contributed by atoms with Gasteiger partial charge in [-0.3, -0.25) is 4.90 Å². The predicted octanol–water partition coefficient (Wildman–Crippen LogP) is 4.76. The zero-order valence-corrected chi connectivity index (χ0v) is 16.7. The van der Waals surface area contributed by atoms with Crippen LogP contribution in [-0.4, -0.2) is 21.4 Å². The fourth-order valence-electron chi connectivity index (χ4n) is 3.44. The van der Waals surface area contributed by atoms with Crippen molar-refractivity contribution in [3.05, 3.63) is 93.6 Å². The molecule has 4 nitrogen and oxygen atoms in total. The van der Waals surface area contributed by atoms with Gasteiger partial charge in [-0.2, -0.15) is 0 Å². The molecule has 4 heterocycles. The second kappa shape index (κ2) is 8.04. The van der Waals surface area contributed by atoms with Crippen LogP contribution in [0.1, 0.15) is 26.6 Å². The fraction of sp³-hybridized carbons (Fsp3) is 0.167. The van der Waals surface area contributed by atoms with Crippen molar-refractivity contribution in [3.63, 3.8) is 0 Å². The minimum atomic E-state index is 0.669. The van der Waals surface area contributed by atoms with E-state index in [0.717, 1.165) is 47.9 Å². The maximum absolute atomic E-state index is 5.42. The summed E-state index contributed by atoms with van der Waals surface area (Å²) in [6, 6.07) is 18.2. The molecular weight excluding hydrogens is 378 g/mol. The summed E-state index contributed by atoms with van der Waals surface area (Å²) in [7, 11) is 0. The Morgan fingerprint density at radius 3 is 2.83 bits per heavy atom. The lowest BCUT2D eigenvalue weighted by Crippen LogP contribution is -2.30. The maximum atomic E-state index is 5.42. The molecule has 3 aromatic heterocycles. The molecule has 0 fully saturated rings. The molecule has 0 saturated heterocycles. The Bertz CT molecular complexity index is 1170. The number of furan rings is 1. The van der Waals surface area contributed by atoms with E-state index in [1.807, 2.05) is 48.7 Å². The zero-order chi connectivity index (χ0) is 19.5. The van der Waals surface area contributed by atoms with Crippen LogP contribution in [0.5, 0.6) is 0 Å². The van der Waals surface area contributed by atoms with Crippen LogP contribution >= 0.6 is 11.3 Å². The van der Waals surface area contributed by atoms with Crippen molar-refractivity contribution in [3.8, 4) is 23.4 Å². The standard InChI is InChI=1S/C24H19N3OS/c1-2-5-18(6-3-1)8-9-20-10-11-21(29-20)17-27-13-12-22-19(16-27)15-25-24(26-22)23-7-4-14-28-23/h1-7,10-11,14-15H,12-13,16-17H2. The molecule has 0 radical (unpaired) electrons. The molecule has 0 unspecified atom stereocenters. The van der Waals surface area contributed by atoms with E-state index in [0.29, 0.717) is 5.82 Å². The number of hydrogen-bond acceptors (Lipinski definition) is 5. The van der Waals surface area contributed by atoms with Crippen LogP contribution in [0.15, 0.2) is 71.5 Å². The van der Waals surface area contributed by atoms with E-state index in [1.165, 1.54) is 10.4 Å². The first kappa shape index (κ1) is 17.9. The highest BCUT2D eigenvalue weighted by atomic mass is 32.1. The summed E-state index contributed by atoms with van der Waals surface area (Å²) >= 11 is 1.77. The Labute approximate surface area is 173 Å². The first-order valence-corrected chi connectivity index (χ1v) is 10.4. The van der Waals surface area contributed by atoms with Crippen LogP contribution in [0, 0.1) is 11.8 Å². The normalized spacial score (nSPS) is 13.5. The van der Waals surface area contributed by atoms with Crippen molar-refractivity contribution < 1.29 is 4.42 Å². The van der Waals surface area contributed by atoms with Gasteiger partial charge in [-0.15, -0.1) is 11.3 Å². The zero-order valence-electron chi connectivity index (χ0n) is 15.8. The lowest BCUT2D eigenvalue weighted by atomic mass is 10.1. The van der Waals surface area contributed by atoms with Gasteiger partial charge in [0.1, 0.15) is 0 Å². The van der Waals surface area contributed by atoms with Gasteiger partial charge in [0, 0.05) is 48.3 Å². The van der Waals surface area contributed by atoms with Crippen LogP contribution in [0.4, 0.5) is 0 Å². The third kappa shape index (κ3) is 4.14. The molecule has 0 bridgehead atoms. The topological polar surface area (TPSA) is 42.2 Å². The lowest BCUT2D eigenvalue weighted by molar-refractivity contribution is 0.245. The van der Waals surface area contributed by atoms with Gasteiger partial charge in [-0.25, -0.2) is 9.97 Å². The summed E-state index contributed by atoms with van der Waals surface area (Å²) in [4.78, 5) is 14.1. The van der Waals surface area contributed by atoms with Crippen molar-refractivity contribution >= 4 is 11.3 Å². The van der Waals surface area contributed by atoms with Crippen molar-refractivity contribution in [2.24, 2.45) is 0 Å². The molecule has 5 rings (SSSR count). The van der Waals surface area contributed by atoms with Gasteiger partial charge in [0.2, 0.25) is 0 Å². The van der Waals surface area contributed by atoms with Crippen LogP contribution in [-0.2, 0) is 19.5 Å². The Balaban J connectivity index is 1.25. The van der Waals surface area contributed by atoms with Crippen LogP contribution in [0.3, 0.4) is 0 Å². The van der Waals surface area contributed by atoms with Gasteiger partial charge in [-0.1, -0.05) is 30.0 Å². The molecule has 4 aromatic rings. The molecule has 0 atom stereocenters. The average molecular weight is 398 g/mol. The number of benzene rings is 1. The summed E-state index contributed by atoms with van der Waals surface area (Å²) in [5.74, 6) is 7.89. The first-order chi connectivity index (χ1) is 14.3. The molecule has 0 amide bonds. The molecule has 0 N–H and O–H groups in total.